The second kappa shape index (κ2) is 6.00. The van der Waals surface area contributed by atoms with Crippen LogP contribution in [0, 0.1) is 6.92 Å². The van der Waals surface area contributed by atoms with Crippen LogP contribution in [0.4, 0.5) is 11.4 Å². The third kappa shape index (κ3) is 2.70. The normalized spacial score (nSPS) is 11.3. The second-order valence-electron chi connectivity index (χ2n) is 5.06. The summed E-state index contributed by atoms with van der Waals surface area (Å²) >= 11 is 0. The molecule has 0 amide bonds. The fraction of sp³-hybridized carbons (Fsp3) is 0.176. The molecule has 0 aliphatic heterocycles. The van der Waals surface area contributed by atoms with E-state index < -0.39 is 0 Å². The molecule has 0 bridgehead atoms. The third-order valence-electron chi connectivity index (χ3n) is 3.63. The van der Waals surface area contributed by atoms with E-state index in [2.05, 4.69) is 15.2 Å². The molecule has 2 aromatic carbocycles. The Hall–Kier alpha value is -3.02. The Labute approximate surface area is 133 Å². The van der Waals surface area contributed by atoms with Crippen LogP contribution < -0.4 is 9.47 Å². The van der Waals surface area contributed by atoms with Crippen molar-refractivity contribution in [2.45, 2.75) is 6.92 Å². The lowest BCUT2D eigenvalue weighted by molar-refractivity contribution is 0.356. The molecular weight excluding hydrogens is 294 g/mol. The van der Waals surface area contributed by atoms with Gasteiger partial charge in [-0.25, -0.2) is 0 Å². The molecule has 1 aromatic heterocycles. The van der Waals surface area contributed by atoms with Crippen LogP contribution in [0.3, 0.4) is 0 Å². The van der Waals surface area contributed by atoms with Gasteiger partial charge in [-0.05, 0) is 24.6 Å². The second-order valence-corrected chi connectivity index (χ2v) is 5.06. The van der Waals surface area contributed by atoms with Gasteiger partial charge in [-0.1, -0.05) is 18.2 Å². The standard InChI is InChI=1S/C17H17N3O3/c1-10-6-4-5-7-12(10)19-20-16-11-8-14(22-2)15(23-3)9-13(11)18-17(16)21/h4-9,18,21H,1-3H3. The third-order valence-corrected chi connectivity index (χ3v) is 3.63. The molecule has 3 rings (SSSR count). The van der Waals surface area contributed by atoms with Crippen molar-refractivity contribution in [3.63, 3.8) is 0 Å². The van der Waals surface area contributed by atoms with Crippen LogP contribution in [0.15, 0.2) is 46.6 Å². The smallest absolute Gasteiger partial charge is 0.218 e. The predicted molar refractivity (Wildman–Crippen MR) is 88.4 cm³/mol. The Morgan fingerprint density at radius 3 is 2.39 bits per heavy atom. The van der Waals surface area contributed by atoms with Crippen molar-refractivity contribution >= 4 is 22.3 Å². The molecule has 0 unspecified atom stereocenters. The Balaban J connectivity index is 2.10. The van der Waals surface area contributed by atoms with Crippen molar-refractivity contribution in [3.8, 4) is 17.4 Å². The summed E-state index contributed by atoms with van der Waals surface area (Å²) < 4.78 is 10.6. The number of hydrogen-bond acceptors (Lipinski definition) is 5. The van der Waals surface area contributed by atoms with E-state index in [1.54, 1.807) is 26.4 Å². The first-order chi connectivity index (χ1) is 11.1. The first kappa shape index (κ1) is 14.9. The molecule has 3 aromatic rings. The van der Waals surface area contributed by atoms with Gasteiger partial charge in [0.1, 0.15) is 0 Å². The topological polar surface area (TPSA) is 79.2 Å². The van der Waals surface area contributed by atoms with Crippen molar-refractivity contribution in [2.75, 3.05) is 14.2 Å². The highest BCUT2D eigenvalue weighted by atomic mass is 16.5. The lowest BCUT2D eigenvalue weighted by atomic mass is 10.2. The van der Waals surface area contributed by atoms with Gasteiger partial charge in [-0.3, -0.25) is 0 Å². The summed E-state index contributed by atoms with van der Waals surface area (Å²) in [5.74, 6) is 1.09. The highest BCUT2D eigenvalue weighted by Crippen LogP contribution is 2.41. The zero-order valence-electron chi connectivity index (χ0n) is 13.1. The summed E-state index contributed by atoms with van der Waals surface area (Å²) in [6.45, 7) is 1.96. The van der Waals surface area contributed by atoms with Crippen molar-refractivity contribution < 1.29 is 14.6 Å². The van der Waals surface area contributed by atoms with Crippen LogP contribution in [-0.4, -0.2) is 24.3 Å². The Morgan fingerprint density at radius 2 is 1.70 bits per heavy atom. The van der Waals surface area contributed by atoms with Gasteiger partial charge in [0.05, 0.1) is 25.4 Å². The van der Waals surface area contributed by atoms with E-state index in [1.807, 2.05) is 31.2 Å². The van der Waals surface area contributed by atoms with E-state index in [9.17, 15) is 5.11 Å². The van der Waals surface area contributed by atoms with Crippen molar-refractivity contribution in [3.05, 3.63) is 42.0 Å². The molecule has 0 radical (unpaired) electrons. The van der Waals surface area contributed by atoms with Crippen LogP contribution in [0.25, 0.3) is 10.9 Å². The maximum atomic E-state index is 10.1. The number of azo groups is 1. The highest BCUT2D eigenvalue weighted by Gasteiger charge is 2.15. The maximum absolute atomic E-state index is 10.1. The summed E-state index contributed by atoms with van der Waals surface area (Å²) in [4.78, 5) is 2.87. The number of H-pyrrole nitrogens is 1. The van der Waals surface area contributed by atoms with E-state index in [-0.39, 0.29) is 5.88 Å². The van der Waals surface area contributed by atoms with E-state index >= 15 is 0 Å². The minimum atomic E-state index is -0.0485. The quantitative estimate of drug-likeness (QED) is 0.690. The average Bonchev–Trinajstić information content (AvgIpc) is 2.87. The summed E-state index contributed by atoms with van der Waals surface area (Å²) in [6, 6.07) is 11.2. The van der Waals surface area contributed by atoms with Gasteiger partial charge in [-0.15, -0.1) is 5.11 Å². The SMILES string of the molecule is COc1cc2[nH]c(O)c(N=Nc3ccccc3C)c2cc1OC. The summed E-state index contributed by atoms with van der Waals surface area (Å²) in [5.41, 5.74) is 2.82. The van der Waals surface area contributed by atoms with Crippen LogP contribution in [0.5, 0.6) is 17.4 Å². The Bertz CT molecular complexity index is 884. The number of nitrogens with one attached hydrogen (secondary N) is 1. The molecule has 6 nitrogen and oxygen atoms in total. The number of aromatic nitrogens is 1. The molecule has 0 aliphatic carbocycles. The number of aryl methyl sites for hydroxylation is 1. The molecule has 23 heavy (non-hydrogen) atoms. The zero-order valence-corrected chi connectivity index (χ0v) is 13.1. The van der Waals surface area contributed by atoms with Crippen LogP contribution in [0.1, 0.15) is 5.56 Å². The lowest BCUT2D eigenvalue weighted by Gasteiger charge is -2.07. The van der Waals surface area contributed by atoms with Gasteiger partial charge in [0, 0.05) is 11.5 Å². The first-order valence-electron chi connectivity index (χ1n) is 7.08. The molecule has 6 heteroatoms. The zero-order chi connectivity index (χ0) is 16.4. The number of methoxy groups -OCH3 is 2. The minimum Gasteiger partial charge on any atom is -0.493 e. The van der Waals surface area contributed by atoms with Crippen molar-refractivity contribution in [1.29, 1.82) is 0 Å². The fourth-order valence-corrected chi connectivity index (χ4v) is 2.37. The highest BCUT2D eigenvalue weighted by molar-refractivity contribution is 5.96. The Morgan fingerprint density at radius 1 is 1.00 bits per heavy atom. The van der Waals surface area contributed by atoms with Gasteiger partial charge >= 0.3 is 0 Å². The maximum Gasteiger partial charge on any atom is 0.218 e. The molecule has 0 aliphatic rings. The molecule has 0 fully saturated rings. The number of benzene rings is 2. The monoisotopic (exact) mass is 311 g/mol. The van der Waals surface area contributed by atoms with Gasteiger partial charge < -0.3 is 19.6 Å². The summed E-state index contributed by atoms with van der Waals surface area (Å²) in [6.07, 6.45) is 0. The number of nitrogens with zero attached hydrogens (tertiary/aromatic N) is 2. The van der Waals surface area contributed by atoms with Crippen LogP contribution in [-0.2, 0) is 0 Å². The molecule has 2 N–H and O–H groups in total. The van der Waals surface area contributed by atoms with Gasteiger partial charge in [0.25, 0.3) is 0 Å². The number of hydrogen-bond donors (Lipinski definition) is 2. The summed E-state index contributed by atoms with van der Waals surface area (Å²) in [7, 11) is 3.12. The van der Waals surface area contributed by atoms with Crippen molar-refractivity contribution in [1.82, 2.24) is 4.98 Å². The van der Waals surface area contributed by atoms with E-state index in [1.165, 1.54) is 0 Å². The fourth-order valence-electron chi connectivity index (χ4n) is 2.37. The molecule has 1 heterocycles. The minimum absolute atomic E-state index is 0.0485. The number of ether oxygens (including phenoxy) is 2. The molecule has 0 atom stereocenters. The molecule has 118 valence electrons. The van der Waals surface area contributed by atoms with Crippen LogP contribution in [0.2, 0.25) is 0 Å². The van der Waals surface area contributed by atoms with E-state index in [4.69, 9.17) is 9.47 Å². The number of aromatic amines is 1. The molecule has 0 saturated heterocycles. The van der Waals surface area contributed by atoms with Gasteiger partial charge in [0.15, 0.2) is 17.2 Å². The average molecular weight is 311 g/mol. The molecule has 0 saturated carbocycles. The van der Waals surface area contributed by atoms with E-state index in [0.29, 0.717) is 28.1 Å². The number of rotatable bonds is 4. The van der Waals surface area contributed by atoms with Gasteiger partial charge in [0.2, 0.25) is 5.88 Å². The van der Waals surface area contributed by atoms with Gasteiger partial charge in [-0.2, -0.15) is 5.11 Å². The lowest BCUT2D eigenvalue weighted by Crippen LogP contribution is -1.89. The van der Waals surface area contributed by atoms with E-state index in [0.717, 1.165) is 11.3 Å². The Kier molecular flexibility index (Phi) is 3.89. The van der Waals surface area contributed by atoms with Crippen molar-refractivity contribution in [2.24, 2.45) is 10.2 Å². The largest absolute Gasteiger partial charge is 0.493 e. The van der Waals surface area contributed by atoms with Crippen LogP contribution >= 0.6 is 0 Å². The predicted octanol–water partition coefficient (Wildman–Crippen LogP) is 4.61. The number of aromatic hydroxyl groups is 1. The number of fused-ring (bicyclic) bond motifs is 1. The molecular formula is C17H17N3O3. The molecule has 0 spiro atoms. The first-order valence-corrected chi connectivity index (χ1v) is 7.08. The summed E-state index contributed by atoms with van der Waals surface area (Å²) in [5, 5.41) is 19.3.